The molecule has 0 bridgehead atoms. The van der Waals surface area contributed by atoms with Crippen molar-refractivity contribution in [1.29, 1.82) is 0 Å². The van der Waals surface area contributed by atoms with Crippen LogP contribution in [0, 0.1) is 0 Å². The third-order valence-electron chi connectivity index (χ3n) is 3.67. The lowest BCUT2D eigenvalue weighted by Gasteiger charge is -2.14. The van der Waals surface area contributed by atoms with Gasteiger partial charge in [-0.05, 0) is 17.2 Å². The fourth-order valence-electron chi connectivity index (χ4n) is 2.32. The van der Waals surface area contributed by atoms with Crippen LogP contribution < -0.4 is 0 Å². The molecule has 2 aromatic carbocycles. The first-order valence-electron chi connectivity index (χ1n) is 7.26. The van der Waals surface area contributed by atoms with Crippen LogP contribution in [0.3, 0.4) is 0 Å². The van der Waals surface area contributed by atoms with Crippen molar-refractivity contribution in [3.05, 3.63) is 66.4 Å². The zero-order valence-corrected chi connectivity index (χ0v) is 12.7. The second-order valence-corrected chi connectivity index (χ2v) is 6.36. The molecule has 0 saturated heterocycles. The van der Waals surface area contributed by atoms with Crippen molar-refractivity contribution in [2.75, 3.05) is 0 Å². The first-order valence-corrected chi connectivity index (χ1v) is 7.26. The fraction of sp³-hybridized carbons (Fsp3) is 0.211. The third kappa shape index (κ3) is 2.89. The second kappa shape index (κ2) is 5.21. The van der Waals surface area contributed by atoms with Crippen LogP contribution in [0.4, 0.5) is 0 Å². The quantitative estimate of drug-likeness (QED) is 0.697. The van der Waals surface area contributed by atoms with Crippen molar-refractivity contribution in [3.63, 3.8) is 0 Å². The van der Waals surface area contributed by atoms with E-state index in [9.17, 15) is 0 Å². The topological polar surface area (TPSA) is 28.7 Å². The van der Waals surface area contributed by atoms with Crippen molar-refractivity contribution < 1.29 is 0 Å². The molecular weight excluding hydrogens is 256 g/mol. The highest BCUT2D eigenvalue weighted by Crippen LogP contribution is 2.27. The lowest BCUT2D eigenvalue weighted by molar-refractivity contribution is 0.567. The number of rotatable bonds is 2. The van der Waals surface area contributed by atoms with Gasteiger partial charge in [-0.3, -0.25) is 5.10 Å². The van der Waals surface area contributed by atoms with Gasteiger partial charge in [0.05, 0.1) is 5.69 Å². The van der Waals surface area contributed by atoms with Crippen molar-refractivity contribution >= 4 is 0 Å². The summed E-state index contributed by atoms with van der Waals surface area (Å²) in [5.41, 5.74) is 5.85. The Labute approximate surface area is 125 Å². The molecular formula is C19H20N2. The van der Waals surface area contributed by atoms with Gasteiger partial charge >= 0.3 is 0 Å². The highest BCUT2D eigenvalue weighted by molar-refractivity contribution is 5.68. The molecule has 106 valence electrons. The summed E-state index contributed by atoms with van der Waals surface area (Å²) in [6, 6.07) is 21.1. The number of hydrogen-bond donors (Lipinski definition) is 1. The highest BCUT2D eigenvalue weighted by atomic mass is 15.1. The SMILES string of the molecule is CC(C)(C)c1cc(-c2ccc(-c3ccccc3)cc2)n[nH]1. The van der Waals surface area contributed by atoms with Gasteiger partial charge in [0.15, 0.2) is 0 Å². The van der Waals surface area contributed by atoms with E-state index in [1.807, 2.05) is 6.07 Å². The summed E-state index contributed by atoms with van der Waals surface area (Å²) in [6.07, 6.45) is 0. The zero-order valence-electron chi connectivity index (χ0n) is 12.7. The molecule has 0 aliphatic heterocycles. The van der Waals surface area contributed by atoms with E-state index in [1.54, 1.807) is 0 Å². The average Bonchev–Trinajstić information content (AvgIpc) is 2.98. The van der Waals surface area contributed by atoms with Gasteiger partial charge in [0.1, 0.15) is 0 Å². The van der Waals surface area contributed by atoms with Gasteiger partial charge in [0, 0.05) is 16.7 Å². The van der Waals surface area contributed by atoms with Crippen LogP contribution >= 0.6 is 0 Å². The van der Waals surface area contributed by atoms with Crippen LogP contribution in [0.1, 0.15) is 26.5 Å². The molecule has 0 radical (unpaired) electrons. The molecule has 0 fully saturated rings. The fourth-order valence-corrected chi connectivity index (χ4v) is 2.32. The Hall–Kier alpha value is -2.35. The van der Waals surface area contributed by atoms with Crippen molar-refractivity contribution in [2.45, 2.75) is 26.2 Å². The van der Waals surface area contributed by atoms with Crippen LogP contribution in [-0.4, -0.2) is 10.2 Å². The molecule has 0 unspecified atom stereocenters. The number of aromatic nitrogens is 2. The molecule has 0 saturated carbocycles. The molecule has 1 heterocycles. The molecule has 1 aromatic heterocycles. The number of benzene rings is 2. The van der Waals surface area contributed by atoms with Gasteiger partial charge in [0.25, 0.3) is 0 Å². The van der Waals surface area contributed by atoms with Crippen LogP contribution in [0.25, 0.3) is 22.4 Å². The number of H-pyrrole nitrogens is 1. The zero-order chi connectivity index (χ0) is 14.9. The largest absolute Gasteiger partial charge is 0.281 e. The first kappa shape index (κ1) is 13.6. The molecule has 0 spiro atoms. The highest BCUT2D eigenvalue weighted by Gasteiger charge is 2.17. The molecule has 0 aliphatic carbocycles. The smallest absolute Gasteiger partial charge is 0.0923 e. The Bertz CT molecular complexity index is 716. The molecule has 2 heteroatoms. The summed E-state index contributed by atoms with van der Waals surface area (Å²) in [6.45, 7) is 6.55. The van der Waals surface area contributed by atoms with E-state index in [-0.39, 0.29) is 5.41 Å². The lowest BCUT2D eigenvalue weighted by atomic mass is 9.92. The monoisotopic (exact) mass is 276 g/mol. The van der Waals surface area contributed by atoms with E-state index >= 15 is 0 Å². The summed E-state index contributed by atoms with van der Waals surface area (Å²) in [7, 11) is 0. The molecule has 3 rings (SSSR count). The first-order chi connectivity index (χ1) is 10.0. The summed E-state index contributed by atoms with van der Waals surface area (Å²) < 4.78 is 0. The molecule has 21 heavy (non-hydrogen) atoms. The summed E-state index contributed by atoms with van der Waals surface area (Å²) in [4.78, 5) is 0. The van der Waals surface area contributed by atoms with Gasteiger partial charge in [-0.25, -0.2) is 0 Å². The normalized spacial score (nSPS) is 11.6. The van der Waals surface area contributed by atoms with Gasteiger partial charge in [-0.15, -0.1) is 0 Å². The molecule has 0 atom stereocenters. The van der Waals surface area contributed by atoms with E-state index in [2.05, 4.69) is 85.6 Å². The van der Waals surface area contributed by atoms with Gasteiger partial charge in [-0.2, -0.15) is 5.10 Å². The minimum absolute atomic E-state index is 0.0925. The third-order valence-corrected chi connectivity index (χ3v) is 3.67. The lowest BCUT2D eigenvalue weighted by Crippen LogP contribution is -2.11. The molecule has 2 nitrogen and oxygen atoms in total. The van der Waals surface area contributed by atoms with Gasteiger partial charge in [-0.1, -0.05) is 75.4 Å². The Morgan fingerprint density at radius 1 is 0.762 bits per heavy atom. The standard InChI is InChI=1S/C19H20N2/c1-19(2,3)18-13-17(20-21-18)16-11-9-15(10-12-16)14-7-5-4-6-8-14/h4-13H,1-3H3,(H,20,21). The maximum Gasteiger partial charge on any atom is 0.0923 e. The number of nitrogens with one attached hydrogen (secondary N) is 1. The Balaban J connectivity index is 1.89. The Morgan fingerprint density at radius 3 is 1.90 bits per heavy atom. The summed E-state index contributed by atoms with van der Waals surface area (Å²) in [5, 5.41) is 7.57. The van der Waals surface area contributed by atoms with E-state index in [4.69, 9.17) is 0 Å². The summed E-state index contributed by atoms with van der Waals surface area (Å²) in [5.74, 6) is 0. The van der Waals surface area contributed by atoms with Crippen LogP contribution in [0.2, 0.25) is 0 Å². The van der Waals surface area contributed by atoms with Crippen molar-refractivity contribution in [2.24, 2.45) is 0 Å². The van der Waals surface area contributed by atoms with E-state index in [0.29, 0.717) is 0 Å². The van der Waals surface area contributed by atoms with Crippen molar-refractivity contribution in [1.82, 2.24) is 10.2 Å². The van der Waals surface area contributed by atoms with E-state index in [0.717, 1.165) is 17.0 Å². The Morgan fingerprint density at radius 2 is 1.33 bits per heavy atom. The summed E-state index contributed by atoms with van der Waals surface area (Å²) >= 11 is 0. The average molecular weight is 276 g/mol. The molecule has 0 aliphatic rings. The molecule has 3 aromatic rings. The number of hydrogen-bond acceptors (Lipinski definition) is 1. The molecule has 1 N–H and O–H groups in total. The van der Waals surface area contributed by atoms with Crippen LogP contribution in [-0.2, 0) is 5.41 Å². The maximum atomic E-state index is 4.43. The molecule has 0 amide bonds. The number of aromatic amines is 1. The minimum Gasteiger partial charge on any atom is -0.281 e. The van der Waals surface area contributed by atoms with E-state index in [1.165, 1.54) is 11.1 Å². The van der Waals surface area contributed by atoms with Crippen LogP contribution in [0.15, 0.2) is 60.7 Å². The number of nitrogens with zero attached hydrogens (tertiary/aromatic N) is 1. The minimum atomic E-state index is 0.0925. The van der Waals surface area contributed by atoms with Gasteiger partial charge < -0.3 is 0 Å². The Kier molecular flexibility index (Phi) is 3.38. The van der Waals surface area contributed by atoms with Crippen LogP contribution in [0.5, 0.6) is 0 Å². The maximum absolute atomic E-state index is 4.43. The van der Waals surface area contributed by atoms with Crippen molar-refractivity contribution in [3.8, 4) is 22.4 Å². The second-order valence-electron chi connectivity index (χ2n) is 6.36. The van der Waals surface area contributed by atoms with Gasteiger partial charge in [0.2, 0.25) is 0 Å². The predicted molar refractivity (Wildman–Crippen MR) is 88.2 cm³/mol. The van der Waals surface area contributed by atoms with E-state index < -0.39 is 0 Å². The predicted octanol–water partition coefficient (Wildman–Crippen LogP) is 5.04.